The fourth-order valence-corrected chi connectivity index (χ4v) is 2.21. The highest BCUT2D eigenvalue weighted by Gasteiger charge is 2.10. The molecule has 0 atom stereocenters. The number of nitrogens with zero attached hydrogens (tertiary/aromatic N) is 2. The first-order valence-corrected chi connectivity index (χ1v) is 6.48. The van der Waals surface area contributed by atoms with E-state index in [1.807, 2.05) is 18.2 Å². The van der Waals surface area contributed by atoms with E-state index in [-0.39, 0.29) is 6.61 Å². The molecule has 0 spiro atoms. The van der Waals surface area contributed by atoms with Gasteiger partial charge in [-0.15, -0.1) is 0 Å². The molecular formula is C15H20N2O. The van der Waals surface area contributed by atoms with Crippen molar-refractivity contribution in [3.8, 4) is 0 Å². The van der Waals surface area contributed by atoms with Gasteiger partial charge >= 0.3 is 0 Å². The minimum absolute atomic E-state index is 0.225. The summed E-state index contributed by atoms with van der Waals surface area (Å²) in [5, 5.41) is 10.1. The number of para-hydroxylation sites is 1. The molecule has 2 rings (SSSR count). The largest absolute Gasteiger partial charge is 0.396 e. The monoisotopic (exact) mass is 244 g/mol. The van der Waals surface area contributed by atoms with Crippen LogP contribution in [0.2, 0.25) is 0 Å². The van der Waals surface area contributed by atoms with Gasteiger partial charge in [0.05, 0.1) is 5.52 Å². The van der Waals surface area contributed by atoms with Crippen molar-refractivity contribution in [1.29, 1.82) is 0 Å². The molecule has 96 valence electrons. The topological polar surface area (TPSA) is 36.4 Å². The van der Waals surface area contributed by atoms with Crippen LogP contribution in [0.25, 0.3) is 10.9 Å². The lowest BCUT2D eigenvalue weighted by Gasteiger charge is -2.23. The first-order chi connectivity index (χ1) is 8.76. The summed E-state index contributed by atoms with van der Waals surface area (Å²) in [5.74, 6) is 1.03. The van der Waals surface area contributed by atoms with Crippen LogP contribution < -0.4 is 4.90 Å². The SMILES string of the molecule is CCN(CCCO)c1nc2ccccc2cc1C. The fraction of sp³-hybridized carbons (Fsp3) is 0.400. The van der Waals surface area contributed by atoms with Gasteiger partial charge in [-0.1, -0.05) is 18.2 Å². The number of anilines is 1. The average molecular weight is 244 g/mol. The van der Waals surface area contributed by atoms with Gasteiger partial charge in [0.15, 0.2) is 0 Å². The van der Waals surface area contributed by atoms with Gasteiger partial charge in [-0.3, -0.25) is 0 Å². The fourth-order valence-electron chi connectivity index (χ4n) is 2.21. The molecule has 0 saturated carbocycles. The van der Waals surface area contributed by atoms with Crippen molar-refractivity contribution in [2.24, 2.45) is 0 Å². The number of aliphatic hydroxyl groups is 1. The van der Waals surface area contributed by atoms with Gasteiger partial charge in [0.2, 0.25) is 0 Å². The Kier molecular flexibility index (Phi) is 4.15. The van der Waals surface area contributed by atoms with E-state index in [4.69, 9.17) is 10.1 Å². The number of hydrogen-bond acceptors (Lipinski definition) is 3. The zero-order valence-electron chi connectivity index (χ0n) is 11.1. The number of aryl methyl sites for hydroxylation is 1. The van der Waals surface area contributed by atoms with Crippen LogP contribution in [0.4, 0.5) is 5.82 Å². The number of rotatable bonds is 5. The van der Waals surface area contributed by atoms with Crippen LogP contribution in [0, 0.1) is 6.92 Å². The standard InChI is InChI=1S/C15H20N2O/c1-3-17(9-6-10-18)15-12(2)11-13-7-4-5-8-14(13)16-15/h4-5,7-8,11,18H,3,6,9-10H2,1-2H3. The number of aliphatic hydroxyl groups excluding tert-OH is 1. The van der Waals surface area contributed by atoms with Crippen molar-refractivity contribution in [2.45, 2.75) is 20.3 Å². The van der Waals surface area contributed by atoms with Crippen LogP contribution in [-0.4, -0.2) is 29.8 Å². The summed E-state index contributed by atoms with van der Waals surface area (Å²) in [7, 11) is 0. The normalized spacial score (nSPS) is 10.8. The van der Waals surface area contributed by atoms with Crippen LogP contribution in [0.5, 0.6) is 0 Å². The van der Waals surface area contributed by atoms with Crippen molar-refractivity contribution >= 4 is 16.7 Å². The lowest BCUT2D eigenvalue weighted by Crippen LogP contribution is -2.26. The zero-order chi connectivity index (χ0) is 13.0. The van der Waals surface area contributed by atoms with E-state index in [1.54, 1.807) is 0 Å². The molecule has 1 heterocycles. The van der Waals surface area contributed by atoms with Gasteiger partial charge in [0, 0.05) is 25.1 Å². The number of aromatic nitrogens is 1. The Morgan fingerprint density at radius 1 is 1.28 bits per heavy atom. The second-order valence-electron chi connectivity index (χ2n) is 4.48. The second kappa shape index (κ2) is 5.83. The van der Waals surface area contributed by atoms with Gasteiger partial charge < -0.3 is 10.0 Å². The van der Waals surface area contributed by atoms with Crippen molar-refractivity contribution in [3.63, 3.8) is 0 Å². The lowest BCUT2D eigenvalue weighted by molar-refractivity contribution is 0.289. The molecule has 3 nitrogen and oxygen atoms in total. The Morgan fingerprint density at radius 2 is 2.06 bits per heavy atom. The van der Waals surface area contributed by atoms with Crippen LogP contribution in [0.3, 0.4) is 0 Å². The molecule has 1 N–H and O–H groups in total. The molecule has 2 aromatic rings. The number of pyridine rings is 1. The maximum Gasteiger partial charge on any atom is 0.132 e. The Balaban J connectivity index is 2.39. The van der Waals surface area contributed by atoms with Crippen LogP contribution in [0.15, 0.2) is 30.3 Å². The van der Waals surface area contributed by atoms with E-state index in [2.05, 4.69) is 30.9 Å². The Labute approximate surface area is 108 Å². The van der Waals surface area contributed by atoms with Crippen molar-refractivity contribution in [2.75, 3.05) is 24.6 Å². The van der Waals surface area contributed by atoms with E-state index in [9.17, 15) is 0 Å². The summed E-state index contributed by atoms with van der Waals surface area (Å²) in [6.07, 6.45) is 0.780. The molecule has 1 aromatic heterocycles. The molecule has 0 aliphatic heterocycles. The van der Waals surface area contributed by atoms with Crippen LogP contribution in [0.1, 0.15) is 18.9 Å². The van der Waals surface area contributed by atoms with E-state index in [0.717, 1.165) is 30.8 Å². The highest BCUT2D eigenvalue weighted by molar-refractivity contribution is 5.81. The van der Waals surface area contributed by atoms with E-state index in [1.165, 1.54) is 10.9 Å². The van der Waals surface area contributed by atoms with Gasteiger partial charge in [-0.25, -0.2) is 4.98 Å². The average Bonchev–Trinajstić information content (AvgIpc) is 2.40. The molecule has 0 fully saturated rings. The van der Waals surface area contributed by atoms with Crippen molar-refractivity contribution in [1.82, 2.24) is 4.98 Å². The summed E-state index contributed by atoms with van der Waals surface area (Å²) < 4.78 is 0. The van der Waals surface area contributed by atoms with Crippen LogP contribution in [-0.2, 0) is 0 Å². The highest BCUT2D eigenvalue weighted by Crippen LogP contribution is 2.22. The Hall–Kier alpha value is -1.61. The molecule has 3 heteroatoms. The Bertz CT molecular complexity index is 525. The molecule has 0 unspecified atom stereocenters. The third kappa shape index (κ3) is 2.62. The van der Waals surface area contributed by atoms with Gasteiger partial charge in [-0.2, -0.15) is 0 Å². The maximum atomic E-state index is 8.95. The van der Waals surface area contributed by atoms with E-state index >= 15 is 0 Å². The smallest absolute Gasteiger partial charge is 0.132 e. The molecule has 0 aliphatic carbocycles. The molecule has 1 aromatic carbocycles. The third-order valence-electron chi connectivity index (χ3n) is 3.16. The predicted molar refractivity (Wildman–Crippen MR) is 76.1 cm³/mol. The first kappa shape index (κ1) is 12.8. The Morgan fingerprint density at radius 3 is 2.78 bits per heavy atom. The van der Waals surface area contributed by atoms with Gasteiger partial charge in [-0.05, 0) is 38.0 Å². The minimum Gasteiger partial charge on any atom is -0.396 e. The van der Waals surface area contributed by atoms with E-state index in [0.29, 0.717) is 0 Å². The van der Waals surface area contributed by atoms with Crippen molar-refractivity contribution < 1.29 is 5.11 Å². The molecule has 0 radical (unpaired) electrons. The molecule has 0 amide bonds. The van der Waals surface area contributed by atoms with E-state index < -0.39 is 0 Å². The quantitative estimate of drug-likeness (QED) is 0.878. The summed E-state index contributed by atoms with van der Waals surface area (Å²) in [6, 6.07) is 10.4. The molecule has 0 bridgehead atoms. The number of fused-ring (bicyclic) bond motifs is 1. The first-order valence-electron chi connectivity index (χ1n) is 6.48. The lowest BCUT2D eigenvalue weighted by atomic mass is 10.1. The maximum absolute atomic E-state index is 8.95. The number of hydrogen-bond donors (Lipinski definition) is 1. The minimum atomic E-state index is 0.225. The number of benzene rings is 1. The molecule has 0 aliphatic rings. The second-order valence-corrected chi connectivity index (χ2v) is 4.48. The van der Waals surface area contributed by atoms with Gasteiger partial charge in [0.1, 0.15) is 5.82 Å². The van der Waals surface area contributed by atoms with Gasteiger partial charge in [0.25, 0.3) is 0 Å². The van der Waals surface area contributed by atoms with Crippen molar-refractivity contribution in [3.05, 3.63) is 35.9 Å². The summed E-state index contributed by atoms with van der Waals surface area (Å²) in [6.45, 7) is 6.19. The third-order valence-corrected chi connectivity index (χ3v) is 3.16. The summed E-state index contributed by atoms with van der Waals surface area (Å²) in [4.78, 5) is 6.96. The highest BCUT2D eigenvalue weighted by atomic mass is 16.3. The predicted octanol–water partition coefficient (Wildman–Crippen LogP) is 2.75. The summed E-state index contributed by atoms with van der Waals surface area (Å²) in [5.41, 5.74) is 2.22. The molecule has 0 saturated heterocycles. The zero-order valence-corrected chi connectivity index (χ0v) is 11.1. The summed E-state index contributed by atoms with van der Waals surface area (Å²) >= 11 is 0. The molecular weight excluding hydrogens is 224 g/mol. The molecule has 18 heavy (non-hydrogen) atoms. The van der Waals surface area contributed by atoms with Crippen LogP contribution >= 0.6 is 0 Å².